The number of hydrogen-bond donors (Lipinski definition) is 1. The number of carbonyl (C=O) groups is 2. The molecule has 1 aromatic carbocycles. The van der Waals surface area contributed by atoms with E-state index < -0.39 is 6.04 Å². The molecule has 0 spiro atoms. The third kappa shape index (κ3) is 2.91. The van der Waals surface area contributed by atoms with E-state index in [1.807, 2.05) is 13.8 Å². The number of nitrogens with zero attached hydrogens (tertiary/aromatic N) is 1. The van der Waals surface area contributed by atoms with Gasteiger partial charge >= 0.3 is 0 Å². The van der Waals surface area contributed by atoms with Crippen LogP contribution in [0.2, 0.25) is 10.0 Å². The molecule has 1 saturated heterocycles. The van der Waals surface area contributed by atoms with Crippen molar-refractivity contribution in [1.29, 1.82) is 0 Å². The van der Waals surface area contributed by atoms with Gasteiger partial charge in [-0.1, -0.05) is 43.1 Å². The Kier molecular flexibility index (Phi) is 4.55. The summed E-state index contributed by atoms with van der Waals surface area (Å²) in [6.45, 7) is 4.08. The van der Waals surface area contributed by atoms with Crippen LogP contribution in [0.25, 0.3) is 0 Å². The summed E-state index contributed by atoms with van der Waals surface area (Å²) in [7, 11) is 0. The lowest BCUT2D eigenvalue weighted by molar-refractivity contribution is -0.148. The molecule has 6 heteroatoms. The van der Waals surface area contributed by atoms with Crippen LogP contribution < -0.4 is 5.32 Å². The Morgan fingerprint density at radius 1 is 1.30 bits per heavy atom. The van der Waals surface area contributed by atoms with Gasteiger partial charge in [-0.05, 0) is 18.1 Å². The predicted molar refractivity (Wildman–Crippen MR) is 78.6 cm³/mol. The smallest absolute Gasteiger partial charge is 0.243 e. The molecule has 1 atom stereocenters. The van der Waals surface area contributed by atoms with Crippen molar-refractivity contribution < 1.29 is 9.59 Å². The summed E-state index contributed by atoms with van der Waals surface area (Å²) >= 11 is 12.3. The maximum atomic E-state index is 12.1. The van der Waals surface area contributed by atoms with E-state index in [0.29, 0.717) is 15.6 Å². The molecule has 2 rings (SSSR count). The zero-order chi connectivity index (χ0) is 14.9. The second kappa shape index (κ2) is 6.02. The summed E-state index contributed by atoms with van der Waals surface area (Å²) in [5.41, 5.74) is 0.671. The molecule has 1 N–H and O–H groups in total. The SMILES string of the molecule is CC(C)C1C(=O)NCC(=O)N1Cc1c(Cl)cccc1Cl. The molecule has 1 unspecified atom stereocenters. The lowest BCUT2D eigenvalue weighted by Gasteiger charge is -2.37. The number of piperazine rings is 1. The Bertz CT molecular complexity index is 526. The molecule has 0 aromatic heterocycles. The van der Waals surface area contributed by atoms with Crippen LogP contribution in [0.15, 0.2) is 18.2 Å². The molecule has 0 bridgehead atoms. The molecule has 2 amide bonds. The Balaban J connectivity index is 2.33. The van der Waals surface area contributed by atoms with Crippen molar-refractivity contribution in [3.05, 3.63) is 33.8 Å². The van der Waals surface area contributed by atoms with Crippen molar-refractivity contribution in [2.24, 2.45) is 5.92 Å². The summed E-state index contributed by atoms with van der Waals surface area (Å²) in [6, 6.07) is 4.70. The van der Waals surface area contributed by atoms with Crippen LogP contribution in [0.5, 0.6) is 0 Å². The second-order valence-electron chi connectivity index (χ2n) is 5.13. The minimum atomic E-state index is -0.497. The fourth-order valence-electron chi connectivity index (χ4n) is 2.37. The lowest BCUT2D eigenvalue weighted by atomic mass is 9.98. The molecule has 108 valence electrons. The molecule has 0 radical (unpaired) electrons. The average Bonchev–Trinajstić information content (AvgIpc) is 2.37. The molecule has 0 aliphatic carbocycles. The molecule has 1 aliphatic rings. The fourth-order valence-corrected chi connectivity index (χ4v) is 2.89. The van der Waals surface area contributed by atoms with Crippen LogP contribution in [0.4, 0.5) is 0 Å². The lowest BCUT2D eigenvalue weighted by Crippen LogP contribution is -2.59. The number of amides is 2. The minimum Gasteiger partial charge on any atom is -0.345 e. The zero-order valence-electron chi connectivity index (χ0n) is 11.3. The summed E-state index contributed by atoms with van der Waals surface area (Å²) in [5, 5.41) is 3.61. The van der Waals surface area contributed by atoms with Crippen molar-refractivity contribution in [1.82, 2.24) is 10.2 Å². The number of hydrogen-bond acceptors (Lipinski definition) is 2. The minimum absolute atomic E-state index is 0.0144. The van der Waals surface area contributed by atoms with Gasteiger partial charge in [0, 0.05) is 22.2 Å². The highest BCUT2D eigenvalue weighted by atomic mass is 35.5. The fraction of sp³-hybridized carbons (Fsp3) is 0.429. The van der Waals surface area contributed by atoms with Gasteiger partial charge in [0.15, 0.2) is 0 Å². The number of halogens is 2. The molecule has 1 aliphatic heterocycles. The van der Waals surface area contributed by atoms with E-state index in [1.54, 1.807) is 23.1 Å². The van der Waals surface area contributed by atoms with Gasteiger partial charge in [0.2, 0.25) is 11.8 Å². The Hall–Kier alpha value is -1.26. The van der Waals surface area contributed by atoms with Gasteiger partial charge in [-0.15, -0.1) is 0 Å². The summed E-state index contributed by atoms with van der Waals surface area (Å²) in [5.74, 6) is -0.248. The van der Waals surface area contributed by atoms with E-state index in [4.69, 9.17) is 23.2 Å². The largest absolute Gasteiger partial charge is 0.345 e. The van der Waals surface area contributed by atoms with E-state index in [2.05, 4.69) is 5.32 Å². The van der Waals surface area contributed by atoms with Crippen LogP contribution in [0.3, 0.4) is 0 Å². The van der Waals surface area contributed by atoms with E-state index in [0.717, 1.165) is 0 Å². The standard InChI is InChI=1S/C14H16Cl2N2O2/c1-8(2)13-14(20)17-6-12(19)18(13)7-9-10(15)4-3-5-11(9)16/h3-5,8,13H,6-7H2,1-2H3,(H,17,20). The molecular weight excluding hydrogens is 299 g/mol. The topological polar surface area (TPSA) is 49.4 Å². The van der Waals surface area contributed by atoms with Crippen LogP contribution in [0.1, 0.15) is 19.4 Å². The van der Waals surface area contributed by atoms with E-state index in [9.17, 15) is 9.59 Å². The molecule has 0 saturated carbocycles. The highest BCUT2D eigenvalue weighted by Crippen LogP contribution is 2.28. The quantitative estimate of drug-likeness (QED) is 0.931. The Morgan fingerprint density at radius 3 is 2.45 bits per heavy atom. The number of nitrogens with one attached hydrogen (secondary N) is 1. The Morgan fingerprint density at radius 2 is 1.90 bits per heavy atom. The van der Waals surface area contributed by atoms with E-state index in [1.165, 1.54) is 0 Å². The van der Waals surface area contributed by atoms with Gasteiger partial charge in [-0.3, -0.25) is 9.59 Å². The van der Waals surface area contributed by atoms with Crippen LogP contribution in [-0.2, 0) is 16.1 Å². The maximum Gasteiger partial charge on any atom is 0.243 e. The van der Waals surface area contributed by atoms with E-state index in [-0.39, 0.29) is 30.8 Å². The van der Waals surface area contributed by atoms with Gasteiger partial charge in [0.25, 0.3) is 0 Å². The number of rotatable bonds is 3. The molecule has 1 fully saturated rings. The number of benzene rings is 1. The first-order valence-electron chi connectivity index (χ1n) is 6.42. The van der Waals surface area contributed by atoms with Crippen molar-refractivity contribution in [3.63, 3.8) is 0 Å². The predicted octanol–water partition coefficient (Wildman–Crippen LogP) is 2.48. The summed E-state index contributed by atoms with van der Waals surface area (Å²) in [4.78, 5) is 25.6. The maximum absolute atomic E-state index is 12.1. The van der Waals surface area contributed by atoms with Crippen molar-refractivity contribution in [2.75, 3.05) is 6.54 Å². The molecule has 4 nitrogen and oxygen atoms in total. The van der Waals surface area contributed by atoms with Gasteiger partial charge in [0.05, 0.1) is 6.54 Å². The van der Waals surface area contributed by atoms with Crippen LogP contribution >= 0.6 is 23.2 Å². The second-order valence-corrected chi connectivity index (χ2v) is 5.94. The first kappa shape index (κ1) is 15.1. The Labute approximate surface area is 128 Å². The summed E-state index contributed by atoms with van der Waals surface area (Å²) in [6.07, 6.45) is 0. The van der Waals surface area contributed by atoms with Crippen molar-refractivity contribution in [3.8, 4) is 0 Å². The first-order valence-corrected chi connectivity index (χ1v) is 7.17. The highest BCUT2D eigenvalue weighted by Gasteiger charge is 2.36. The molecule has 20 heavy (non-hydrogen) atoms. The molecule has 1 aromatic rings. The monoisotopic (exact) mass is 314 g/mol. The first-order chi connectivity index (χ1) is 9.41. The van der Waals surface area contributed by atoms with Gasteiger partial charge in [-0.25, -0.2) is 0 Å². The molecular formula is C14H16Cl2N2O2. The van der Waals surface area contributed by atoms with Crippen molar-refractivity contribution >= 4 is 35.0 Å². The third-order valence-corrected chi connectivity index (χ3v) is 4.07. The third-order valence-electron chi connectivity index (χ3n) is 3.36. The number of carbonyl (C=O) groups excluding carboxylic acids is 2. The zero-order valence-corrected chi connectivity index (χ0v) is 12.8. The molecule has 1 heterocycles. The highest BCUT2D eigenvalue weighted by molar-refractivity contribution is 6.36. The normalized spacial score (nSPS) is 19.4. The summed E-state index contributed by atoms with van der Waals surface area (Å²) < 4.78 is 0. The average molecular weight is 315 g/mol. The van der Waals surface area contributed by atoms with Crippen molar-refractivity contribution in [2.45, 2.75) is 26.4 Å². The van der Waals surface area contributed by atoms with Crippen LogP contribution in [-0.4, -0.2) is 29.3 Å². The van der Waals surface area contributed by atoms with Gasteiger partial charge in [-0.2, -0.15) is 0 Å². The van der Waals surface area contributed by atoms with Gasteiger partial charge < -0.3 is 10.2 Å². The van der Waals surface area contributed by atoms with E-state index >= 15 is 0 Å². The van der Waals surface area contributed by atoms with Gasteiger partial charge in [0.1, 0.15) is 6.04 Å². The van der Waals surface area contributed by atoms with Crippen LogP contribution in [0, 0.1) is 5.92 Å².